The lowest BCUT2D eigenvalue weighted by Gasteiger charge is -2.00. The van der Waals surface area contributed by atoms with E-state index in [-0.39, 0.29) is 10.8 Å². The van der Waals surface area contributed by atoms with Crippen molar-refractivity contribution in [3.8, 4) is 5.75 Å². The number of carbonyl (C=O) groups excluding carboxylic acids is 1. The predicted octanol–water partition coefficient (Wildman–Crippen LogP) is -0.813. The molecule has 0 atom stereocenters. The Kier molecular flexibility index (Phi) is 2.68. The first-order chi connectivity index (χ1) is 6.39. The van der Waals surface area contributed by atoms with Crippen LogP contribution in [0, 0.1) is 0 Å². The first-order valence-electron chi connectivity index (χ1n) is 3.36. The highest BCUT2D eigenvalue weighted by atomic mass is 32.2. The van der Waals surface area contributed by atoms with Crippen molar-refractivity contribution in [2.75, 3.05) is 0 Å². The Morgan fingerprint density at radius 3 is 2.43 bits per heavy atom. The number of nitrogens with zero attached hydrogens (tertiary/aromatic N) is 1. The molecule has 8 heteroatoms. The number of primary amides is 1. The lowest BCUT2D eigenvalue weighted by Crippen LogP contribution is -2.17. The molecular formula is C6H7N3O4S. The molecule has 0 aliphatic rings. The van der Waals surface area contributed by atoms with Gasteiger partial charge in [-0.15, -0.1) is 0 Å². The maximum Gasteiger partial charge on any atom is 0.410 e. The van der Waals surface area contributed by atoms with Crippen molar-refractivity contribution in [1.29, 1.82) is 0 Å². The molecule has 0 saturated carbocycles. The van der Waals surface area contributed by atoms with Gasteiger partial charge in [-0.3, -0.25) is 0 Å². The third kappa shape index (κ3) is 2.68. The molecule has 14 heavy (non-hydrogen) atoms. The summed E-state index contributed by atoms with van der Waals surface area (Å²) in [6.07, 6.45) is 0.0278. The highest BCUT2D eigenvalue weighted by molar-refractivity contribution is 7.89. The van der Waals surface area contributed by atoms with Crippen LogP contribution in [0.25, 0.3) is 0 Å². The van der Waals surface area contributed by atoms with E-state index >= 15 is 0 Å². The number of hydrogen-bond donors (Lipinski definition) is 2. The summed E-state index contributed by atoms with van der Waals surface area (Å²) >= 11 is 0. The summed E-state index contributed by atoms with van der Waals surface area (Å²) < 4.78 is 25.9. The molecule has 0 spiro atoms. The quantitative estimate of drug-likeness (QED) is 0.669. The number of carbonyl (C=O) groups is 1. The van der Waals surface area contributed by atoms with Gasteiger partial charge in [-0.2, -0.15) is 0 Å². The maximum atomic E-state index is 10.7. The Morgan fingerprint density at radius 2 is 2.07 bits per heavy atom. The first-order valence-corrected chi connectivity index (χ1v) is 4.90. The van der Waals surface area contributed by atoms with Gasteiger partial charge >= 0.3 is 6.09 Å². The van der Waals surface area contributed by atoms with Crippen molar-refractivity contribution >= 4 is 16.1 Å². The molecule has 0 fully saturated rings. The van der Waals surface area contributed by atoms with E-state index in [1.54, 1.807) is 0 Å². The van der Waals surface area contributed by atoms with Gasteiger partial charge in [0.2, 0.25) is 0 Å². The second-order valence-corrected chi connectivity index (χ2v) is 3.81. The van der Waals surface area contributed by atoms with Gasteiger partial charge in [-0.05, 0) is 12.1 Å². The van der Waals surface area contributed by atoms with Gasteiger partial charge in [-0.1, -0.05) is 0 Å². The fourth-order valence-corrected chi connectivity index (χ4v) is 1.17. The number of nitrogens with two attached hydrogens (primary N) is 2. The van der Waals surface area contributed by atoms with Crippen LogP contribution in [0.5, 0.6) is 5.75 Å². The summed E-state index contributed by atoms with van der Waals surface area (Å²) in [6.45, 7) is 0. The normalized spacial score (nSPS) is 10.9. The van der Waals surface area contributed by atoms with Gasteiger partial charge in [0.25, 0.3) is 10.0 Å². The maximum absolute atomic E-state index is 10.7. The number of hydrogen-bond acceptors (Lipinski definition) is 5. The summed E-state index contributed by atoms with van der Waals surface area (Å²) in [5.41, 5.74) is 4.72. The van der Waals surface area contributed by atoms with Crippen LogP contribution in [0.1, 0.15) is 0 Å². The molecule has 7 nitrogen and oxygen atoms in total. The fraction of sp³-hybridized carbons (Fsp3) is 0. The average Bonchev–Trinajstić information content (AvgIpc) is 2.02. The zero-order valence-corrected chi connectivity index (χ0v) is 7.69. The molecule has 1 aromatic heterocycles. The second-order valence-electron chi connectivity index (χ2n) is 2.30. The van der Waals surface area contributed by atoms with Crippen molar-refractivity contribution in [1.82, 2.24) is 4.98 Å². The van der Waals surface area contributed by atoms with Gasteiger partial charge in [0, 0.05) is 0 Å². The van der Waals surface area contributed by atoms with Gasteiger partial charge in [0.1, 0.15) is 0 Å². The molecule has 0 aliphatic carbocycles. The SMILES string of the molecule is NC(=O)Oc1ccc(S(N)(=O)=O)nc1. The Labute approximate surface area is 79.7 Å². The summed E-state index contributed by atoms with van der Waals surface area (Å²) in [4.78, 5) is 13.7. The van der Waals surface area contributed by atoms with E-state index in [1.165, 1.54) is 6.07 Å². The molecule has 1 amide bonds. The van der Waals surface area contributed by atoms with Crippen molar-refractivity contribution < 1.29 is 17.9 Å². The summed E-state index contributed by atoms with van der Waals surface area (Å²) in [7, 11) is -3.83. The number of rotatable bonds is 2. The van der Waals surface area contributed by atoms with Crippen LogP contribution in [0.2, 0.25) is 0 Å². The molecule has 0 radical (unpaired) electrons. The lowest BCUT2D eigenvalue weighted by atomic mass is 10.5. The Morgan fingerprint density at radius 1 is 1.43 bits per heavy atom. The van der Waals surface area contributed by atoms with Crippen molar-refractivity contribution in [3.05, 3.63) is 18.3 Å². The van der Waals surface area contributed by atoms with Gasteiger partial charge in [0.15, 0.2) is 10.8 Å². The van der Waals surface area contributed by atoms with Gasteiger partial charge < -0.3 is 10.5 Å². The standard InChI is InChI=1S/C6H7N3O4S/c7-6(10)13-4-1-2-5(9-3-4)14(8,11)12/h1-3H,(H2,7,10)(H2,8,11,12). The van der Waals surface area contributed by atoms with Crippen molar-refractivity contribution in [2.45, 2.75) is 5.03 Å². The largest absolute Gasteiger partial charge is 0.410 e. The minimum Gasteiger partial charge on any atom is -0.409 e. The highest BCUT2D eigenvalue weighted by Gasteiger charge is 2.09. The average molecular weight is 217 g/mol. The van der Waals surface area contributed by atoms with Crippen LogP contribution in [0.4, 0.5) is 4.79 Å². The minimum atomic E-state index is -3.83. The smallest absolute Gasteiger partial charge is 0.409 e. The lowest BCUT2D eigenvalue weighted by molar-refractivity contribution is 0.210. The van der Waals surface area contributed by atoms with E-state index in [1.807, 2.05) is 0 Å². The molecule has 1 aromatic rings. The number of pyridine rings is 1. The number of ether oxygens (including phenoxy) is 1. The Bertz CT molecular complexity index is 439. The van der Waals surface area contributed by atoms with Gasteiger partial charge in [0.05, 0.1) is 6.20 Å². The predicted molar refractivity (Wildman–Crippen MR) is 45.8 cm³/mol. The Hall–Kier alpha value is -1.67. The molecule has 76 valence electrons. The summed E-state index contributed by atoms with van der Waals surface area (Å²) in [5, 5.41) is 4.47. The van der Waals surface area contributed by atoms with E-state index < -0.39 is 16.1 Å². The van der Waals surface area contributed by atoms with Crippen molar-refractivity contribution in [2.24, 2.45) is 10.9 Å². The van der Waals surface area contributed by atoms with Crippen LogP contribution in [-0.2, 0) is 10.0 Å². The summed E-state index contributed by atoms with van der Waals surface area (Å²) in [5.74, 6) is 0.0462. The molecule has 1 rings (SSSR count). The Balaban J connectivity index is 2.95. The minimum absolute atomic E-state index is 0.0462. The molecule has 0 aliphatic heterocycles. The molecule has 0 saturated heterocycles. The molecule has 0 aromatic carbocycles. The zero-order chi connectivity index (χ0) is 10.8. The van der Waals surface area contributed by atoms with Crippen LogP contribution in [-0.4, -0.2) is 19.5 Å². The van der Waals surface area contributed by atoms with E-state index in [2.05, 4.69) is 9.72 Å². The van der Waals surface area contributed by atoms with E-state index in [4.69, 9.17) is 10.9 Å². The number of aromatic nitrogens is 1. The van der Waals surface area contributed by atoms with Crippen molar-refractivity contribution in [3.63, 3.8) is 0 Å². The molecule has 4 N–H and O–H groups in total. The fourth-order valence-electron chi connectivity index (χ4n) is 0.712. The van der Waals surface area contributed by atoms with Crippen LogP contribution in [0.15, 0.2) is 23.4 Å². The second kappa shape index (κ2) is 3.60. The zero-order valence-electron chi connectivity index (χ0n) is 6.88. The summed E-state index contributed by atoms with van der Waals surface area (Å²) in [6, 6.07) is 2.32. The third-order valence-corrected chi connectivity index (χ3v) is 2.04. The van der Waals surface area contributed by atoms with E-state index in [0.717, 1.165) is 12.3 Å². The first kappa shape index (κ1) is 10.4. The highest BCUT2D eigenvalue weighted by Crippen LogP contribution is 2.10. The van der Waals surface area contributed by atoms with E-state index in [0.29, 0.717) is 0 Å². The van der Waals surface area contributed by atoms with Crippen LogP contribution < -0.4 is 15.6 Å². The molecular weight excluding hydrogens is 210 g/mol. The molecule has 0 bridgehead atoms. The number of sulfonamides is 1. The third-order valence-electron chi connectivity index (χ3n) is 1.22. The van der Waals surface area contributed by atoms with Gasteiger partial charge in [-0.25, -0.2) is 23.3 Å². The van der Waals surface area contributed by atoms with E-state index in [9.17, 15) is 13.2 Å². The topological polar surface area (TPSA) is 125 Å². The number of amides is 1. The monoisotopic (exact) mass is 217 g/mol. The van der Waals surface area contributed by atoms with Crippen LogP contribution in [0.3, 0.4) is 0 Å². The molecule has 0 unspecified atom stereocenters. The number of primary sulfonamides is 1. The molecule has 1 heterocycles. The van der Waals surface area contributed by atoms with Crippen LogP contribution >= 0.6 is 0 Å².